The molecule has 2 aromatic rings. The van der Waals surface area contributed by atoms with Crippen molar-refractivity contribution in [1.82, 2.24) is 4.98 Å². The van der Waals surface area contributed by atoms with Crippen LogP contribution in [0.3, 0.4) is 0 Å². The molecule has 66 valence electrons. The summed E-state index contributed by atoms with van der Waals surface area (Å²) in [7, 11) is 0. The molecule has 0 aliphatic heterocycles. The van der Waals surface area contributed by atoms with E-state index in [4.69, 9.17) is 11.6 Å². The monoisotopic (exact) mass is 259 g/mol. The van der Waals surface area contributed by atoms with E-state index in [2.05, 4.69) is 20.9 Å². The zero-order valence-corrected chi connectivity index (χ0v) is 8.73. The Hall–Kier alpha value is -0.670. The van der Waals surface area contributed by atoms with E-state index >= 15 is 0 Å². The molecule has 0 aliphatic rings. The summed E-state index contributed by atoms with van der Waals surface area (Å²) in [5, 5.41) is 1.31. The van der Waals surface area contributed by atoms with Gasteiger partial charge in [-0.25, -0.2) is 4.39 Å². The van der Waals surface area contributed by atoms with Crippen LogP contribution in [0.1, 0.15) is 0 Å². The second-order valence-electron chi connectivity index (χ2n) is 2.57. The first-order valence-electron chi connectivity index (χ1n) is 3.58. The van der Waals surface area contributed by atoms with Gasteiger partial charge in [0.1, 0.15) is 5.82 Å². The standard InChI is InChI=1S/C9H4BrClFN/c10-6-3-5(12)4-8-9(6)7(11)1-2-13-8/h1-4H. The van der Waals surface area contributed by atoms with Crippen molar-refractivity contribution in [2.24, 2.45) is 0 Å². The van der Waals surface area contributed by atoms with Crippen LogP contribution in [0.25, 0.3) is 10.9 Å². The Morgan fingerprint density at radius 2 is 2.15 bits per heavy atom. The molecule has 2 rings (SSSR count). The highest BCUT2D eigenvalue weighted by Crippen LogP contribution is 2.29. The van der Waals surface area contributed by atoms with Crippen molar-refractivity contribution in [3.05, 3.63) is 39.7 Å². The van der Waals surface area contributed by atoms with E-state index < -0.39 is 0 Å². The van der Waals surface area contributed by atoms with Crippen LogP contribution >= 0.6 is 27.5 Å². The largest absolute Gasteiger partial charge is 0.256 e. The Balaban J connectivity index is 2.94. The number of nitrogens with zero attached hydrogens (tertiary/aromatic N) is 1. The molecule has 1 heterocycles. The molecule has 0 unspecified atom stereocenters. The van der Waals surface area contributed by atoms with Crippen molar-refractivity contribution >= 4 is 38.4 Å². The van der Waals surface area contributed by atoms with Crippen LogP contribution in [0.2, 0.25) is 5.02 Å². The van der Waals surface area contributed by atoms with Gasteiger partial charge >= 0.3 is 0 Å². The Labute approximate surface area is 87.7 Å². The van der Waals surface area contributed by atoms with Gasteiger partial charge < -0.3 is 0 Å². The van der Waals surface area contributed by atoms with E-state index in [1.165, 1.54) is 12.1 Å². The zero-order valence-electron chi connectivity index (χ0n) is 6.39. The van der Waals surface area contributed by atoms with Crippen LogP contribution in [0, 0.1) is 5.82 Å². The molecular weight excluding hydrogens is 256 g/mol. The van der Waals surface area contributed by atoms with Crippen molar-refractivity contribution in [3.8, 4) is 0 Å². The maximum Gasteiger partial charge on any atom is 0.126 e. The summed E-state index contributed by atoms with van der Waals surface area (Å²) in [6.07, 6.45) is 1.55. The number of rotatable bonds is 0. The lowest BCUT2D eigenvalue weighted by Crippen LogP contribution is -1.83. The average Bonchev–Trinajstić information content (AvgIpc) is 2.02. The Morgan fingerprint density at radius 1 is 1.38 bits per heavy atom. The Kier molecular flexibility index (Phi) is 2.22. The molecule has 0 aliphatic carbocycles. The minimum Gasteiger partial charge on any atom is -0.256 e. The predicted molar refractivity (Wildman–Crippen MR) is 54.4 cm³/mol. The smallest absolute Gasteiger partial charge is 0.126 e. The quantitative estimate of drug-likeness (QED) is 0.702. The summed E-state index contributed by atoms with van der Waals surface area (Å²) in [6, 6.07) is 4.40. The topological polar surface area (TPSA) is 12.9 Å². The van der Waals surface area contributed by atoms with Crippen LogP contribution in [-0.2, 0) is 0 Å². The molecule has 0 atom stereocenters. The molecule has 1 aromatic carbocycles. The van der Waals surface area contributed by atoms with E-state index in [1.807, 2.05) is 0 Å². The van der Waals surface area contributed by atoms with Gasteiger partial charge in [0.2, 0.25) is 0 Å². The molecule has 0 radical (unpaired) electrons. The predicted octanol–water partition coefficient (Wildman–Crippen LogP) is 3.79. The first kappa shape index (κ1) is 8.91. The van der Waals surface area contributed by atoms with Crippen molar-refractivity contribution in [3.63, 3.8) is 0 Å². The average molecular weight is 260 g/mol. The normalized spacial score (nSPS) is 10.7. The third-order valence-electron chi connectivity index (χ3n) is 1.71. The molecule has 1 nitrogen and oxygen atoms in total. The lowest BCUT2D eigenvalue weighted by molar-refractivity contribution is 0.628. The summed E-state index contributed by atoms with van der Waals surface area (Å²) in [4.78, 5) is 4.01. The molecule has 0 fully saturated rings. The Morgan fingerprint density at radius 3 is 2.92 bits per heavy atom. The number of aromatic nitrogens is 1. The molecule has 0 saturated carbocycles. The van der Waals surface area contributed by atoms with Gasteiger partial charge in [0, 0.05) is 22.1 Å². The van der Waals surface area contributed by atoms with Gasteiger partial charge in [-0.1, -0.05) is 11.6 Å². The number of halogens is 3. The lowest BCUT2D eigenvalue weighted by atomic mass is 10.2. The first-order valence-corrected chi connectivity index (χ1v) is 4.75. The van der Waals surface area contributed by atoms with E-state index in [9.17, 15) is 4.39 Å². The number of benzene rings is 1. The second kappa shape index (κ2) is 3.24. The minimum atomic E-state index is -0.325. The van der Waals surface area contributed by atoms with Gasteiger partial charge in [-0.15, -0.1) is 0 Å². The zero-order chi connectivity index (χ0) is 9.42. The molecule has 1 aromatic heterocycles. The second-order valence-corrected chi connectivity index (χ2v) is 3.84. The van der Waals surface area contributed by atoms with Crippen LogP contribution in [0.15, 0.2) is 28.9 Å². The summed E-state index contributed by atoms with van der Waals surface area (Å²) >= 11 is 9.16. The summed E-state index contributed by atoms with van der Waals surface area (Å²) in [5.74, 6) is -0.325. The summed E-state index contributed by atoms with van der Waals surface area (Å²) in [6.45, 7) is 0. The third-order valence-corrected chi connectivity index (χ3v) is 2.65. The molecule has 4 heteroatoms. The number of hydrogen-bond donors (Lipinski definition) is 0. The third kappa shape index (κ3) is 1.54. The first-order chi connectivity index (χ1) is 6.18. The number of fused-ring (bicyclic) bond motifs is 1. The number of hydrogen-bond acceptors (Lipinski definition) is 1. The fourth-order valence-corrected chi connectivity index (χ4v) is 2.17. The van der Waals surface area contributed by atoms with Crippen LogP contribution in [-0.4, -0.2) is 4.98 Å². The minimum absolute atomic E-state index is 0.325. The molecular formula is C9H4BrClFN. The highest BCUT2D eigenvalue weighted by molar-refractivity contribution is 9.10. The van der Waals surface area contributed by atoms with Crippen molar-refractivity contribution in [1.29, 1.82) is 0 Å². The van der Waals surface area contributed by atoms with E-state index in [0.29, 0.717) is 15.0 Å². The Bertz CT molecular complexity index is 472. The molecule has 0 N–H and O–H groups in total. The van der Waals surface area contributed by atoms with Gasteiger partial charge in [-0.3, -0.25) is 4.98 Å². The molecule has 0 bridgehead atoms. The molecule has 0 saturated heterocycles. The van der Waals surface area contributed by atoms with Gasteiger partial charge in [0.25, 0.3) is 0 Å². The van der Waals surface area contributed by atoms with Gasteiger partial charge in [0.15, 0.2) is 0 Å². The van der Waals surface area contributed by atoms with Crippen molar-refractivity contribution in [2.45, 2.75) is 0 Å². The molecule has 13 heavy (non-hydrogen) atoms. The summed E-state index contributed by atoms with van der Waals surface area (Å²) in [5.41, 5.74) is 0.555. The van der Waals surface area contributed by atoms with Crippen LogP contribution in [0.4, 0.5) is 4.39 Å². The van der Waals surface area contributed by atoms with Gasteiger partial charge in [-0.2, -0.15) is 0 Å². The maximum absolute atomic E-state index is 12.9. The fraction of sp³-hybridized carbons (Fsp3) is 0. The summed E-state index contributed by atoms with van der Waals surface area (Å²) < 4.78 is 13.5. The maximum atomic E-state index is 12.9. The van der Waals surface area contributed by atoms with E-state index in [-0.39, 0.29) is 5.82 Å². The molecule has 0 amide bonds. The van der Waals surface area contributed by atoms with E-state index in [1.54, 1.807) is 12.3 Å². The van der Waals surface area contributed by atoms with E-state index in [0.717, 1.165) is 5.39 Å². The van der Waals surface area contributed by atoms with Crippen molar-refractivity contribution < 1.29 is 4.39 Å². The highest BCUT2D eigenvalue weighted by atomic mass is 79.9. The van der Waals surface area contributed by atoms with Crippen LogP contribution < -0.4 is 0 Å². The van der Waals surface area contributed by atoms with Gasteiger partial charge in [-0.05, 0) is 28.1 Å². The van der Waals surface area contributed by atoms with Crippen LogP contribution in [0.5, 0.6) is 0 Å². The highest BCUT2D eigenvalue weighted by Gasteiger charge is 2.05. The number of pyridine rings is 1. The lowest BCUT2D eigenvalue weighted by Gasteiger charge is -2.01. The van der Waals surface area contributed by atoms with Gasteiger partial charge in [0.05, 0.1) is 10.5 Å². The molecule has 0 spiro atoms. The van der Waals surface area contributed by atoms with Crippen molar-refractivity contribution in [2.75, 3.05) is 0 Å². The fourth-order valence-electron chi connectivity index (χ4n) is 1.16. The SMILES string of the molecule is Fc1cc(Br)c2c(Cl)ccnc2c1.